The normalized spacial score (nSPS) is 24.5. The molecule has 0 bridgehead atoms. The summed E-state index contributed by atoms with van der Waals surface area (Å²) in [6, 6.07) is 8.11. The number of hydrogen-bond acceptors (Lipinski definition) is 2. The number of anilines is 1. The molecular weight excluding hydrogens is 334 g/mol. The van der Waals surface area contributed by atoms with Gasteiger partial charge in [-0.2, -0.15) is 0 Å². The third-order valence-electron chi connectivity index (χ3n) is 5.52. The Labute approximate surface area is 162 Å². The third-order valence-corrected chi connectivity index (χ3v) is 5.52. The van der Waals surface area contributed by atoms with Crippen molar-refractivity contribution in [1.29, 1.82) is 0 Å². The quantitative estimate of drug-likeness (QED) is 0.536. The molecular formula is C24H29NO2. The van der Waals surface area contributed by atoms with E-state index >= 15 is 0 Å². The Balaban J connectivity index is 2.40. The van der Waals surface area contributed by atoms with Crippen LogP contribution in [0.3, 0.4) is 0 Å². The van der Waals surface area contributed by atoms with Gasteiger partial charge in [0.05, 0.1) is 0 Å². The maximum atomic E-state index is 12.1. The lowest BCUT2D eigenvalue weighted by molar-refractivity contribution is -0.114. The molecule has 1 unspecified atom stereocenters. The number of aldehydes is 1. The molecule has 1 aromatic carbocycles. The Hall–Kier alpha value is -2.68. The molecule has 0 spiro atoms. The molecule has 2 rings (SSSR count). The van der Waals surface area contributed by atoms with Crippen LogP contribution >= 0.6 is 0 Å². The zero-order chi connectivity index (χ0) is 20.2. The van der Waals surface area contributed by atoms with Gasteiger partial charge in [-0.3, -0.25) is 9.59 Å². The number of nitrogens with zero attached hydrogens (tertiary/aromatic N) is 1. The molecule has 1 aromatic rings. The highest BCUT2D eigenvalue weighted by atomic mass is 16.2. The largest absolute Gasteiger partial charge is 0.312 e. The van der Waals surface area contributed by atoms with Crippen molar-refractivity contribution < 1.29 is 9.59 Å². The van der Waals surface area contributed by atoms with Gasteiger partial charge >= 0.3 is 0 Å². The van der Waals surface area contributed by atoms with E-state index in [0.717, 1.165) is 12.1 Å². The van der Waals surface area contributed by atoms with E-state index in [0.29, 0.717) is 6.29 Å². The molecule has 1 aliphatic rings. The first kappa shape index (κ1) is 20.6. The Kier molecular flexibility index (Phi) is 6.04. The highest BCUT2D eigenvalue weighted by molar-refractivity contribution is 6.02. The van der Waals surface area contributed by atoms with Crippen molar-refractivity contribution in [2.45, 2.75) is 39.5 Å². The number of carbonyl (C=O) groups excluding carboxylic acids is 2. The molecule has 0 saturated heterocycles. The average molecular weight is 364 g/mol. The standard InChI is InChI=1S/C24H29NO2/c1-7-10-21-20(8-2)24(5,17-23(21,3)4)18-12-14-19(15-13-18)25(6)22(27)11-9-16-26/h7-16H,1,17H2,2-6H3/b11-9-,20-8+,21-10+. The maximum absolute atomic E-state index is 12.1. The van der Waals surface area contributed by atoms with Crippen LogP contribution in [0.15, 0.2) is 72.4 Å². The van der Waals surface area contributed by atoms with Gasteiger partial charge in [-0.15, -0.1) is 0 Å². The van der Waals surface area contributed by atoms with E-state index < -0.39 is 0 Å². The number of carbonyl (C=O) groups is 2. The molecule has 1 fully saturated rings. The monoisotopic (exact) mass is 363 g/mol. The highest BCUT2D eigenvalue weighted by Gasteiger charge is 2.47. The third kappa shape index (κ3) is 3.87. The smallest absolute Gasteiger partial charge is 0.250 e. The molecule has 1 saturated carbocycles. The number of allylic oxidation sites excluding steroid dienone is 6. The van der Waals surface area contributed by atoms with Crippen LogP contribution in [0.2, 0.25) is 0 Å². The van der Waals surface area contributed by atoms with E-state index in [1.54, 1.807) is 7.05 Å². The molecule has 27 heavy (non-hydrogen) atoms. The van der Waals surface area contributed by atoms with Crippen LogP contribution in [0.25, 0.3) is 0 Å². The second-order valence-corrected chi connectivity index (χ2v) is 7.85. The molecule has 3 nitrogen and oxygen atoms in total. The maximum Gasteiger partial charge on any atom is 0.250 e. The molecule has 3 heteroatoms. The lowest BCUT2D eigenvalue weighted by Crippen LogP contribution is -2.25. The molecule has 0 N–H and O–H groups in total. The Morgan fingerprint density at radius 2 is 1.78 bits per heavy atom. The number of rotatable bonds is 5. The summed E-state index contributed by atoms with van der Waals surface area (Å²) < 4.78 is 0. The predicted molar refractivity (Wildman–Crippen MR) is 113 cm³/mol. The van der Waals surface area contributed by atoms with Crippen molar-refractivity contribution >= 4 is 17.9 Å². The topological polar surface area (TPSA) is 37.4 Å². The van der Waals surface area contributed by atoms with Crippen molar-refractivity contribution in [2.24, 2.45) is 5.41 Å². The predicted octanol–water partition coefficient (Wildman–Crippen LogP) is 5.15. The first-order valence-corrected chi connectivity index (χ1v) is 9.21. The van der Waals surface area contributed by atoms with Crippen LogP contribution in [-0.4, -0.2) is 19.2 Å². The minimum atomic E-state index is -0.228. The Morgan fingerprint density at radius 3 is 2.30 bits per heavy atom. The summed E-state index contributed by atoms with van der Waals surface area (Å²) in [5.74, 6) is -0.228. The molecule has 0 aromatic heterocycles. The van der Waals surface area contributed by atoms with Gasteiger partial charge in [0.2, 0.25) is 0 Å². The molecule has 0 heterocycles. The average Bonchev–Trinajstić information content (AvgIpc) is 2.85. The fourth-order valence-corrected chi connectivity index (χ4v) is 4.31. The summed E-state index contributed by atoms with van der Waals surface area (Å²) in [4.78, 5) is 24.0. The van der Waals surface area contributed by atoms with Crippen LogP contribution in [-0.2, 0) is 15.0 Å². The fraction of sp³-hybridized carbons (Fsp3) is 0.333. The van der Waals surface area contributed by atoms with Gasteiger partial charge in [-0.05, 0) is 53.7 Å². The minimum Gasteiger partial charge on any atom is -0.312 e. The van der Waals surface area contributed by atoms with Crippen LogP contribution < -0.4 is 4.90 Å². The lowest BCUT2D eigenvalue weighted by Gasteiger charge is -2.28. The molecule has 142 valence electrons. The minimum absolute atomic E-state index is 0.0653. The lowest BCUT2D eigenvalue weighted by atomic mass is 9.76. The molecule has 1 atom stereocenters. The fourth-order valence-electron chi connectivity index (χ4n) is 4.31. The Bertz CT molecular complexity index is 824. The molecule has 0 radical (unpaired) electrons. The zero-order valence-corrected chi connectivity index (χ0v) is 17.0. The molecule has 1 amide bonds. The van der Waals surface area contributed by atoms with E-state index in [2.05, 4.69) is 58.6 Å². The van der Waals surface area contributed by atoms with Crippen LogP contribution in [0.1, 0.15) is 39.7 Å². The van der Waals surface area contributed by atoms with Gasteiger partial charge in [-0.1, -0.05) is 57.7 Å². The Morgan fingerprint density at radius 1 is 1.15 bits per heavy atom. The number of benzene rings is 1. The van der Waals surface area contributed by atoms with Crippen molar-refractivity contribution in [3.63, 3.8) is 0 Å². The van der Waals surface area contributed by atoms with Crippen molar-refractivity contribution in [3.05, 3.63) is 77.9 Å². The molecule has 0 aliphatic heterocycles. The van der Waals surface area contributed by atoms with E-state index in [1.807, 2.05) is 18.2 Å². The number of hydrogen-bond donors (Lipinski definition) is 0. The van der Waals surface area contributed by atoms with Crippen molar-refractivity contribution in [1.82, 2.24) is 0 Å². The summed E-state index contributed by atoms with van der Waals surface area (Å²) in [7, 11) is 1.70. The summed E-state index contributed by atoms with van der Waals surface area (Å²) in [6.07, 6.45) is 10.3. The molecule has 1 aliphatic carbocycles. The van der Waals surface area contributed by atoms with E-state index in [4.69, 9.17) is 0 Å². The van der Waals surface area contributed by atoms with Crippen LogP contribution in [0.4, 0.5) is 5.69 Å². The summed E-state index contributed by atoms with van der Waals surface area (Å²) in [5.41, 5.74) is 4.66. The van der Waals surface area contributed by atoms with Gasteiger partial charge in [0.15, 0.2) is 0 Å². The first-order valence-electron chi connectivity index (χ1n) is 9.21. The van der Waals surface area contributed by atoms with Crippen LogP contribution in [0, 0.1) is 5.41 Å². The van der Waals surface area contributed by atoms with Crippen molar-refractivity contribution in [3.8, 4) is 0 Å². The summed E-state index contributed by atoms with van der Waals surface area (Å²) in [5, 5.41) is 0. The van der Waals surface area contributed by atoms with E-state index in [-0.39, 0.29) is 16.7 Å². The first-order chi connectivity index (χ1) is 12.7. The SMILES string of the molecule is C=C/C=C1\C(=C/C)C(C)(c2ccc(N(C)C(=O)/C=C\C=O)cc2)CC1(C)C. The summed E-state index contributed by atoms with van der Waals surface area (Å²) in [6.45, 7) is 12.8. The van der Waals surface area contributed by atoms with E-state index in [9.17, 15) is 9.59 Å². The van der Waals surface area contributed by atoms with Gasteiger partial charge in [-0.25, -0.2) is 0 Å². The number of likely N-dealkylation sites (N-methyl/N-ethyl adjacent to an activating group) is 1. The summed E-state index contributed by atoms with van der Waals surface area (Å²) >= 11 is 0. The van der Waals surface area contributed by atoms with Crippen LogP contribution in [0.5, 0.6) is 0 Å². The highest BCUT2D eigenvalue weighted by Crippen LogP contribution is 2.57. The van der Waals surface area contributed by atoms with Gasteiger partial charge < -0.3 is 4.90 Å². The number of amides is 1. The van der Waals surface area contributed by atoms with Gasteiger partial charge in [0.1, 0.15) is 6.29 Å². The second-order valence-electron chi connectivity index (χ2n) is 7.85. The van der Waals surface area contributed by atoms with Gasteiger partial charge in [0.25, 0.3) is 5.91 Å². The second kappa shape index (κ2) is 7.91. The zero-order valence-electron chi connectivity index (χ0n) is 17.0. The van der Waals surface area contributed by atoms with Crippen molar-refractivity contribution in [2.75, 3.05) is 11.9 Å². The van der Waals surface area contributed by atoms with Gasteiger partial charge in [0, 0.05) is 24.2 Å². The van der Waals surface area contributed by atoms with E-state index in [1.165, 1.54) is 33.8 Å².